The van der Waals surface area contributed by atoms with E-state index < -0.39 is 15.7 Å². The molecule has 0 unspecified atom stereocenters. The summed E-state index contributed by atoms with van der Waals surface area (Å²) in [5, 5.41) is 0. The molecule has 0 radical (unpaired) electrons. The van der Waals surface area contributed by atoms with Gasteiger partial charge in [0, 0.05) is 0 Å². The molecule has 3 aromatic carbocycles. The fraction of sp³-hybridized carbons (Fsp3) is 0.333. The van der Waals surface area contributed by atoms with Gasteiger partial charge in [-0.05, 0) is 0 Å². The van der Waals surface area contributed by atoms with Crippen LogP contribution in [0.1, 0.15) is 19.3 Å². The van der Waals surface area contributed by atoms with Crippen LogP contribution in [0.3, 0.4) is 0 Å². The van der Waals surface area contributed by atoms with E-state index in [-0.39, 0.29) is 0 Å². The molecule has 0 saturated carbocycles. The van der Waals surface area contributed by atoms with Crippen LogP contribution in [-0.2, 0) is 11.2 Å². The van der Waals surface area contributed by atoms with Crippen LogP contribution in [0.5, 0.6) is 17.2 Å². The van der Waals surface area contributed by atoms with Crippen molar-refractivity contribution in [2.24, 2.45) is 0 Å². The Bertz CT molecular complexity index is 748. The van der Waals surface area contributed by atoms with Gasteiger partial charge in [-0.1, -0.05) is 0 Å². The minimum absolute atomic E-state index is 0.536. The summed E-state index contributed by atoms with van der Waals surface area (Å²) >= 11 is -2.33. The van der Waals surface area contributed by atoms with Crippen molar-refractivity contribution in [3.8, 4) is 17.2 Å². The molecule has 0 saturated heterocycles. The topological polar surface area (TPSA) is 55.4 Å². The van der Waals surface area contributed by atoms with Crippen LogP contribution in [-0.4, -0.2) is 55.3 Å². The summed E-state index contributed by atoms with van der Waals surface area (Å²) in [4.78, 5) is 0. The van der Waals surface area contributed by atoms with Gasteiger partial charge in [0.1, 0.15) is 0 Å². The molecule has 0 fully saturated rings. The van der Waals surface area contributed by atoms with Gasteiger partial charge in [-0.15, -0.1) is 0 Å². The summed E-state index contributed by atoms with van der Waals surface area (Å²) in [5.74, 6) is 2.59. The first-order chi connectivity index (χ1) is 16.9. The predicted molar refractivity (Wildman–Crippen MR) is 133 cm³/mol. The predicted octanol–water partition coefficient (Wildman–Crippen LogP) is 5.43. The summed E-state index contributed by atoms with van der Waals surface area (Å²) in [5.41, 5.74) is 0. The van der Waals surface area contributed by atoms with Gasteiger partial charge in [-0.2, -0.15) is 0 Å². The van der Waals surface area contributed by atoms with Crippen molar-refractivity contribution in [3.63, 3.8) is 0 Å². The fourth-order valence-corrected chi connectivity index (χ4v) is 5.05. The third-order valence-electron chi connectivity index (χ3n) is 4.49. The maximum atomic E-state index is 5.95. The molecule has 3 aromatic rings. The van der Waals surface area contributed by atoms with Gasteiger partial charge >= 0.3 is 208 Å². The monoisotopic (exact) mass is 528 g/mol. The summed E-state index contributed by atoms with van der Waals surface area (Å²) in [6.07, 6.45) is 2.29. The van der Waals surface area contributed by atoms with Gasteiger partial charge < -0.3 is 0 Å². The van der Waals surface area contributed by atoms with E-state index in [1.165, 1.54) is 0 Å². The van der Waals surface area contributed by atoms with E-state index in [0.29, 0.717) is 39.6 Å². The van der Waals surface area contributed by atoms with Crippen LogP contribution < -0.4 is 14.2 Å². The summed E-state index contributed by atoms with van der Waals surface area (Å²) in [7, 11) is 0. The van der Waals surface area contributed by atoms with Gasteiger partial charge in [0.05, 0.1) is 0 Å². The van der Waals surface area contributed by atoms with E-state index in [1.807, 2.05) is 91.0 Å². The molecule has 6 nitrogen and oxygen atoms in total. The molecule has 0 bridgehead atoms. The van der Waals surface area contributed by atoms with Crippen molar-refractivity contribution in [1.29, 1.82) is 0 Å². The van der Waals surface area contributed by atoms with E-state index in [4.69, 9.17) is 25.4 Å². The van der Waals surface area contributed by atoms with E-state index in [2.05, 4.69) is 0 Å². The Morgan fingerprint density at radius 1 is 0.382 bits per heavy atom. The molecule has 0 atom stereocenters. The van der Waals surface area contributed by atoms with Gasteiger partial charge in [-0.3, -0.25) is 0 Å². The molecule has 0 aliphatic carbocycles. The second kappa shape index (κ2) is 17.0. The molecule has 7 heteroatoms. The van der Waals surface area contributed by atoms with E-state index in [1.54, 1.807) is 0 Å². The van der Waals surface area contributed by atoms with Gasteiger partial charge in [0.2, 0.25) is 0 Å². The third kappa shape index (κ3) is 11.6. The van der Waals surface area contributed by atoms with Crippen LogP contribution in [0.2, 0.25) is 0 Å². The number of para-hydroxylation sites is 3. The zero-order chi connectivity index (χ0) is 23.5. The number of rotatable bonds is 18. The average molecular weight is 528 g/mol. The second-order valence-corrected chi connectivity index (χ2v) is 9.83. The molecular weight excluding hydrogens is 495 g/mol. The summed E-state index contributed by atoms with van der Waals surface area (Å²) < 4.78 is 35.0. The maximum absolute atomic E-state index is 5.95. The fourth-order valence-electron chi connectivity index (χ4n) is 2.83. The van der Waals surface area contributed by atoms with Crippen LogP contribution in [0.25, 0.3) is 0 Å². The van der Waals surface area contributed by atoms with Crippen LogP contribution in [0.15, 0.2) is 91.0 Å². The average Bonchev–Trinajstić information content (AvgIpc) is 2.89. The van der Waals surface area contributed by atoms with E-state index in [9.17, 15) is 0 Å². The Balaban J connectivity index is 1.30. The molecule has 0 N–H and O–H groups in total. The Morgan fingerprint density at radius 2 is 0.676 bits per heavy atom. The first-order valence-electron chi connectivity index (χ1n) is 11.6. The molecule has 0 amide bonds. The minimum atomic E-state index is -2.33. The van der Waals surface area contributed by atoms with Crippen LogP contribution in [0.4, 0.5) is 0 Å². The molecule has 34 heavy (non-hydrogen) atoms. The number of hydrogen-bond acceptors (Lipinski definition) is 6. The molecule has 3 rings (SSSR count). The Hall–Kier alpha value is -2.50. The molecule has 182 valence electrons. The molecule has 0 aliphatic heterocycles. The molecule has 0 heterocycles. The van der Waals surface area contributed by atoms with Gasteiger partial charge in [-0.25, -0.2) is 0 Å². The Morgan fingerprint density at radius 3 is 0.971 bits per heavy atom. The van der Waals surface area contributed by atoms with Gasteiger partial charge in [0.15, 0.2) is 0 Å². The standard InChI is InChI=1S/C27H33AsO6/c1-4-13-25(14-5-1)29-19-10-22-32-28(33-23-11-20-30-26-15-6-2-7-16-26)34-24-12-21-31-27-17-8-3-9-18-27/h1-9,13-18H,10-12,19-24H2. The molecule has 0 aliphatic rings. The normalized spacial score (nSPS) is 10.9. The van der Waals surface area contributed by atoms with Crippen LogP contribution in [0, 0.1) is 0 Å². The second-order valence-electron chi connectivity index (χ2n) is 7.27. The summed E-state index contributed by atoms with van der Waals surface area (Å²) in [6.45, 7) is 3.36. The van der Waals surface area contributed by atoms with Crippen molar-refractivity contribution >= 4 is 15.7 Å². The Kier molecular flexibility index (Phi) is 13.1. The van der Waals surface area contributed by atoms with E-state index in [0.717, 1.165) is 36.5 Å². The summed E-state index contributed by atoms with van der Waals surface area (Å²) in [6, 6.07) is 29.3. The third-order valence-corrected chi connectivity index (χ3v) is 6.97. The van der Waals surface area contributed by atoms with Crippen molar-refractivity contribution in [3.05, 3.63) is 91.0 Å². The SMILES string of the molecule is c1ccc(OCCCO[As](OCCCOc2ccccc2)OCCCOc2ccccc2)cc1. The zero-order valence-corrected chi connectivity index (χ0v) is 21.3. The Labute approximate surface area is 208 Å². The van der Waals surface area contributed by atoms with Gasteiger partial charge in [0.25, 0.3) is 0 Å². The molecular formula is C27H33AsO6. The van der Waals surface area contributed by atoms with Crippen LogP contribution >= 0.6 is 0 Å². The van der Waals surface area contributed by atoms with E-state index >= 15 is 0 Å². The number of hydrogen-bond donors (Lipinski definition) is 0. The molecule has 0 aromatic heterocycles. The zero-order valence-electron chi connectivity index (χ0n) is 19.4. The van der Waals surface area contributed by atoms with Crippen molar-refractivity contribution in [2.45, 2.75) is 19.3 Å². The molecule has 0 spiro atoms. The number of ether oxygens (including phenoxy) is 3. The first kappa shape index (κ1) is 26.1. The van der Waals surface area contributed by atoms with Crippen molar-refractivity contribution in [2.75, 3.05) is 39.6 Å². The van der Waals surface area contributed by atoms with Crippen molar-refractivity contribution in [1.82, 2.24) is 0 Å². The number of benzene rings is 3. The quantitative estimate of drug-likeness (QED) is 0.162. The first-order valence-corrected chi connectivity index (χ1v) is 13.9. The van der Waals surface area contributed by atoms with Crippen molar-refractivity contribution < 1.29 is 25.4 Å².